The molecule has 2 heterocycles. The lowest BCUT2D eigenvalue weighted by Crippen LogP contribution is -2.39. The van der Waals surface area contributed by atoms with Gasteiger partial charge in [-0.3, -0.25) is 9.69 Å². The van der Waals surface area contributed by atoms with Gasteiger partial charge in [-0.05, 0) is 77.9 Å². The Bertz CT molecular complexity index is 1370. The van der Waals surface area contributed by atoms with Gasteiger partial charge in [0.1, 0.15) is 5.82 Å². The molecule has 0 bridgehead atoms. The van der Waals surface area contributed by atoms with E-state index in [1.54, 1.807) is 12.1 Å². The average molecular weight is 489 g/mol. The predicted molar refractivity (Wildman–Crippen MR) is 138 cm³/mol. The minimum atomic E-state index is -0.261. The SMILES string of the molecule is CCCC(c1nnnn1Cc1ccc(F)cc1)N(Cc1cc2cc(C)ccc2[nH]c1=O)C1CCCC1. The molecule has 4 aromatic rings. The molecule has 8 heteroatoms. The summed E-state index contributed by atoms with van der Waals surface area (Å²) in [6, 6.07) is 14.9. The van der Waals surface area contributed by atoms with Gasteiger partial charge < -0.3 is 4.98 Å². The number of pyridine rings is 1. The number of benzene rings is 2. The normalized spacial score (nSPS) is 15.2. The number of halogens is 1. The van der Waals surface area contributed by atoms with Crippen LogP contribution in [-0.4, -0.2) is 36.1 Å². The molecular weight excluding hydrogens is 455 g/mol. The molecular formula is C28H33FN6O. The second kappa shape index (κ2) is 10.7. The number of aryl methyl sites for hydroxylation is 1. The van der Waals surface area contributed by atoms with Gasteiger partial charge in [0.2, 0.25) is 0 Å². The number of tetrazole rings is 1. The van der Waals surface area contributed by atoms with E-state index in [2.05, 4.69) is 45.3 Å². The molecule has 2 aromatic carbocycles. The Labute approximate surface area is 210 Å². The smallest absolute Gasteiger partial charge is 0.252 e. The monoisotopic (exact) mass is 488 g/mol. The molecule has 36 heavy (non-hydrogen) atoms. The van der Waals surface area contributed by atoms with Crippen LogP contribution in [0.15, 0.2) is 53.3 Å². The van der Waals surface area contributed by atoms with Gasteiger partial charge in [-0.15, -0.1) is 5.10 Å². The third-order valence-corrected chi connectivity index (χ3v) is 7.29. The lowest BCUT2D eigenvalue weighted by atomic mass is 10.0. The van der Waals surface area contributed by atoms with E-state index >= 15 is 0 Å². The van der Waals surface area contributed by atoms with Gasteiger partial charge in [0.25, 0.3) is 5.56 Å². The number of H-pyrrole nitrogens is 1. The van der Waals surface area contributed by atoms with Crippen molar-refractivity contribution in [2.24, 2.45) is 0 Å². The number of fused-ring (bicyclic) bond motifs is 1. The lowest BCUT2D eigenvalue weighted by Gasteiger charge is -2.35. The zero-order valence-corrected chi connectivity index (χ0v) is 21.0. The van der Waals surface area contributed by atoms with Crippen LogP contribution in [0.25, 0.3) is 10.9 Å². The number of aromatic nitrogens is 5. The number of aromatic amines is 1. The highest BCUT2D eigenvalue weighted by atomic mass is 19.1. The van der Waals surface area contributed by atoms with E-state index in [9.17, 15) is 9.18 Å². The predicted octanol–water partition coefficient (Wildman–Crippen LogP) is 5.30. The molecule has 1 aliphatic rings. The van der Waals surface area contributed by atoms with Gasteiger partial charge in [0, 0.05) is 23.7 Å². The number of rotatable bonds is 9. The van der Waals surface area contributed by atoms with Gasteiger partial charge in [-0.25, -0.2) is 9.07 Å². The van der Waals surface area contributed by atoms with E-state index in [1.165, 1.54) is 25.0 Å². The standard InChI is InChI=1S/C28H33FN6O/c1-3-6-26(27-31-32-33-35(27)17-20-10-12-23(29)13-11-20)34(24-7-4-5-8-24)18-22-16-21-15-19(2)9-14-25(21)30-28(22)36/h9-16,24,26H,3-8,17-18H2,1-2H3,(H,30,36). The Morgan fingerprint density at radius 1 is 1.14 bits per heavy atom. The molecule has 1 fully saturated rings. The first-order valence-corrected chi connectivity index (χ1v) is 12.9. The fraction of sp³-hybridized carbons (Fsp3) is 0.429. The van der Waals surface area contributed by atoms with Crippen LogP contribution in [0, 0.1) is 12.7 Å². The largest absolute Gasteiger partial charge is 0.322 e. The van der Waals surface area contributed by atoms with Crippen molar-refractivity contribution in [1.29, 1.82) is 0 Å². The summed E-state index contributed by atoms with van der Waals surface area (Å²) in [6.07, 6.45) is 6.42. The molecule has 5 rings (SSSR count). The lowest BCUT2D eigenvalue weighted by molar-refractivity contribution is 0.108. The van der Waals surface area contributed by atoms with Crippen molar-refractivity contribution in [1.82, 2.24) is 30.1 Å². The van der Waals surface area contributed by atoms with Crippen LogP contribution in [0.4, 0.5) is 4.39 Å². The average Bonchev–Trinajstić information content (AvgIpc) is 3.56. The fourth-order valence-electron chi connectivity index (χ4n) is 5.46. The number of nitrogens with zero attached hydrogens (tertiary/aromatic N) is 5. The van der Waals surface area contributed by atoms with Gasteiger partial charge in [0.05, 0.1) is 12.6 Å². The quantitative estimate of drug-likeness (QED) is 0.346. The topological polar surface area (TPSA) is 79.7 Å². The van der Waals surface area contributed by atoms with Crippen LogP contribution in [-0.2, 0) is 13.1 Å². The summed E-state index contributed by atoms with van der Waals surface area (Å²) in [5.41, 5.74) is 3.68. The van der Waals surface area contributed by atoms with Crippen molar-refractivity contribution in [3.05, 3.63) is 87.2 Å². The Kier molecular flexibility index (Phi) is 7.23. The first-order valence-electron chi connectivity index (χ1n) is 12.9. The second-order valence-corrected chi connectivity index (χ2v) is 9.95. The summed E-state index contributed by atoms with van der Waals surface area (Å²) in [5.74, 6) is 0.531. The van der Waals surface area contributed by atoms with Crippen LogP contribution in [0.1, 0.15) is 74.0 Å². The maximum absolute atomic E-state index is 13.4. The van der Waals surface area contributed by atoms with E-state index in [0.717, 1.165) is 59.1 Å². The van der Waals surface area contributed by atoms with Crippen molar-refractivity contribution in [3.8, 4) is 0 Å². The van der Waals surface area contributed by atoms with E-state index < -0.39 is 0 Å². The van der Waals surface area contributed by atoms with Gasteiger partial charge in [0.15, 0.2) is 5.82 Å². The fourth-order valence-corrected chi connectivity index (χ4v) is 5.46. The van der Waals surface area contributed by atoms with E-state index in [0.29, 0.717) is 19.1 Å². The van der Waals surface area contributed by atoms with E-state index in [1.807, 2.05) is 22.9 Å². The van der Waals surface area contributed by atoms with Gasteiger partial charge in [-0.2, -0.15) is 0 Å². The molecule has 0 spiro atoms. The second-order valence-electron chi connectivity index (χ2n) is 9.95. The van der Waals surface area contributed by atoms with Gasteiger partial charge >= 0.3 is 0 Å². The Hall–Kier alpha value is -3.39. The molecule has 0 aliphatic heterocycles. The van der Waals surface area contributed by atoms with Crippen molar-refractivity contribution in [2.45, 2.75) is 77.5 Å². The highest BCUT2D eigenvalue weighted by Gasteiger charge is 2.33. The minimum Gasteiger partial charge on any atom is -0.322 e. The van der Waals surface area contributed by atoms with Crippen molar-refractivity contribution < 1.29 is 4.39 Å². The molecule has 0 radical (unpaired) electrons. The van der Waals surface area contributed by atoms with Crippen LogP contribution < -0.4 is 5.56 Å². The zero-order valence-electron chi connectivity index (χ0n) is 21.0. The van der Waals surface area contributed by atoms with Crippen molar-refractivity contribution >= 4 is 10.9 Å². The van der Waals surface area contributed by atoms with Crippen LogP contribution in [0.3, 0.4) is 0 Å². The molecule has 1 N–H and O–H groups in total. The van der Waals surface area contributed by atoms with Crippen LogP contribution in [0.5, 0.6) is 0 Å². The highest BCUT2D eigenvalue weighted by molar-refractivity contribution is 5.79. The third kappa shape index (κ3) is 5.23. The molecule has 0 amide bonds. The Balaban J connectivity index is 1.51. The molecule has 2 aromatic heterocycles. The summed E-state index contributed by atoms with van der Waals surface area (Å²) in [6.45, 7) is 5.24. The molecule has 1 saturated carbocycles. The summed E-state index contributed by atoms with van der Waals surface area (Å²) < 4.78 is 15.3. The molecule has 1 unspecified atom stereocenters. The van der Waals surface area contributed by atoms with Gasteiger partial charge in [-0.1, -0.05) is 49.9 Å². The summed E-state index contributed by atoms with van der Waals surface area (Å²) in [7, 11) is 0. The molecule has 0 saturated heterocycles. The van der Waals surface area contributed by atoms with E-state index in [-0.39, 0.29) is 17.4 Å². The third-order valence-electron chi connectivity index (χ3n) is 7.29. The summed E-state index contributed by atoms with van der Waals surface area (Å²) >= 11 is 0. The Morgan fingerprint density at radius 3 is 2.67 bits per heavy atom. The first-order chi connectivity index (χ1) is 17.5. The van der Waals surface area contributed by atoms with E-state index in [4.69, 9.17) is 0 Å². The maximum atomic E-state index is 13.4. The molecule has 1 atom stereocenters. The number of nitrogens with one attached hydrogen (secondary N) is 1. The molecule has 1 aliphatic carbocycles. The summed E-state index contributed by atoms with van der Waals surface area (Å²) in [5, 5.41) is 13.8. The highest BCUT2D eigenvalue weighted by Crippen LogP contribution is 2.34. The maximum Gasteiger partial charge on any atom is 0.252 e. The molecule has 188 valence electrons. The Morgan fingerprint density at radius 2 is 1.92 bits per heavy atom. The van der Waals surface area contributed by atoms with Crippen molar-refractivity contribution in [2.75, 3.05) is 0 Å². The summed E-state index contributed by atoms with van der Waals surface area (Å²) in [4.78, 5) is 18.6. The van der Waals surface area contributed by atoms with Crippen LogP contribution in [0.2, 0.25) is 0 Å². The first kappa shape index (κ1) is 24.3. The van der Waals surface area contributed by atoms with Crippen LogP contribution >= 0.6 is 0 Å². The minimum absolute atomic E-state index is 0.0267. The van der Waals surface area contributed by atoms with Crippen molar-refractivity contribution in [3.63, 3.8) is 0 Å². The number of hydrogen-bond donors (Lipinski definition) is 1. The number of hydrogen-bond acceptors (Lipinski definition) is 5. The molecule has 7 nitrogen and oxygen atoms in total. The zero-order chi connectivity index (χ0) is 25.1.